The predicted molar refractivity (Wildman–Crippen MR) is 96.4 cm³/mol. The van der Waals surface area contributed by atoms with Crippen LogP contribution in [0, 0.1) is 0 Å². The van der Waals surface area contributed by atoms with Gasteiger partial charge in [0, 0.05) is 18.0 Å². The topological polar surface area (TPSA) is 91.8 Å². The number of carbonyl (C=O) groups excluding carboxylic acids is 1. The number of benzene rings is 2. The molecule has 7 heteroatoms. The van der Waals surface area contributed by atoms with Crippen LogP contribution < -0.4 is 16.4 Å². The Bertz CT molecular complexity index is 1160. The van der Waals surface area contributed by atoms with Gasteiger partial charge in [0.05, 0.1) is 10.9 Å². The van der Waals surface area contributed by atoms with Gasteiger partial charge >= 0.3 is 0 Å². The highest BCUT2D eigenvalue weighted by atomic mass is 16.2. The molecule has 0 fully saturated rings. The molecule has 124 valence electrons. The number of nitrogens with one attached hydrogen (secondary N) is 3. The molecule has 0 radical (unpaired) electrons. The Kier molecular flexibility index (Phi) is 3.46. The fraction of sp³-hybridized carbons (Fsp3) is 0.0556. The van der Waals surface area contributed by atoms with Crippen LogP contribution in [-0.2, 0) is 7.05 Å². The second-order valence-electron chi connectivity index (χ2n) is 5.66. The monoisotopic (exact) mass is 333 g/mol. The number of amides is 1. The van der Waals surface area contributed by atoms with Crippen molar-refractivity contribution < 1.29 is 4.79 Å². The van der Waals surface area contributed by atoms with Crippen LogP contribution >= 0.6 is 0 Å². The van der Waals surface area contributed by atoms with E-state index in [1.807, 2.05) is 41.9 Å². The molecule has 2 aromatic carbocycles. The maximum absolute atomic E-state index is 12.4. The maximum atomic E-state index is 12.4. The molecule has 4 aromatic rings. The number of nitrogens with zero attached hydrogens (tertiary/aromatic N) is 2. The molecule has 0 aliphatic rings. The Labute approximate surface area is 142 Å². The van der Waals surface area contributed by atoms with Gasteiger partial charge in [0.1, 0.15) is 5.69 Å². The van der Waals surface area contributed by atoms with Gasteiger partial charge in [-0.3, -0.25) is 25.4 Å². The molecule has 0 aliphatic carbocycles. The molecule has 0 spiro atoms. The number of hydrazine groups is 1. The lowest BCUT2D eigenvalue weighted by Crippen LogP contribution is -2.32. The number of hydrogen-bond acceptors (Lipinski definition) is 4. The second kappa shape index (κ2) is 5.79. The van der Waals surface area contributed by atoms with Crippen molar-refractivity contribution >= 4 is 33.7 Å². The van der Waals surface area contributed by atoms with Crippen molar-refractivity contribution in [3.8, 4) is 0 Å². The van der Waals surface area contributed by atoms with Crippen molar-refractivity contribution in [3.63, 3.8) is 0 Å². The molecular weight excluding hydrogens is 318 g/mol. The van der Waals surface area contributed by atoms with Crippen LogP contribution in [-0.4, -0.2) is 20.4 Å². The highest BCUT2D eigenvalue weighted by molar-refractivity contribution is 5.99. The van der Waals surface area contributed by atoms with E-state index in [0.29, 0.717) is 16.6 Å². The third kappa shape index (κ3) is 2.61. The molecule has 4 rings (SSSR count). The van der Waals surface area contributed by atoms with E-state index in [0.717, 1.165) is 10.9 Å². The van der Waals surface area contributed by atoms with Gasteiger partial charge in [-0.05, 0) is 24.3 Å². The lowest BCUT2D eigenvalue weighted by Gasteiger charge is -2.09. The minimum atomic E-state index is -0.325. The smallest absolute Gasteiger partial charge is 0.286 e. The molecule has 0 unspecified atom stereocenters. The molecule has 25 heavy (non-hydrogen) atoms. The Hall–Kier alpha value is -3.61. The average molecular weight is 333 g/mol. The standard InChI is InChI=1S/C18H15N5O2/c1-23-14-9-5-2-6-11(14)10-15(23)17(25)21-22-18-19-13-8-4-3-7-12(13)16(24)20-18/h2-10H,1H3,(H,21,25)(H2,19,20,22,24). The molecular formula is C18H15N5O2. The van der Waals surface area contributed by atoms with Crippen molar-refractivity contribution in [1.82, 2.24) is 20.0 Å². The quantitative estimate of drug-likeness (QED) is 0.501. The van der Waals surface area contributed by atoms with E-state index in [-0.39, 0.29) is 17.4 Å². The molecule has 0 saturated heterocycles. The summed E-state index contributed by atoms with van der Waals surface area (Å²) in [6.45, 7) is 0. The van der Waals surface area contributed by atoms with Gasteiger partial charge in [0.15, 0.2) is 0 Å². The highest BCUT2D eigenvalue weighted by Gasteiger charge is 2.13. The highest BCUT2D eigenvalue weighted by Crippen LogP contribution is 2.18. The molecule has 0 atom stereocenters. The normalized spacial score (nSPS) is 10.9. The van der Waals surface area contributed by atoms with Crippen molar-refractivity contribution in [1.29, 1.82) is 0 Å². The number of aryl methyl sites for hydroxylation is 1. The van der Waals surface area contributed by atoms with Crippen molar-refractivity contribution in [2.24, 2.45) is 7.05 Å². The van der Waals surface area contributed by atoms with Gasteiger partial charge < -0.3 is 4.57 Å². The van der Waals surface area contributed by atoms with E-state index in [1.54, 1.807) is 24.3 Å². The van der Waals surface area contributed by atoms with Gasteiger partial charge in [-0.15, -0.1) is 0 Å². The van der Waals surface area contributed by atoms with Crippen LogP contribution in [0.5, 0.6) is 0 Å². The summed E-state index contributed by atoms with van der Waals surface area (Å²) >= 11 is 0. The van der Waals surface area contributed by atoms with E-state index in [4.69, 9.17) is 0 Å². The summed E-state index contributed by atoms with van der Waals surface area (Å²) in [7, 11) is 1.83. The lowest BCUT2D eigenvalue weighted by atomic mass is 10.2. The van der Waals surface area contributed by atoms with Gasteiger partial charge in [-0.25, -0.2) is 4.98 Å². The molecule has 2 heterocycles. The number of aromatic nitrogens is 3. The fourth-order valence-corrected chi connectivity index (χ4v) is 2.83. The van der Waals surface area contributed by atoms with Gasteiger partial charge in [0.2, 0.25) is 5.95 Å². The Balaban J connectivity index is 1.59. The summed E-state index contributed by atoms with van der Waals surface area (Å²) in [5.41, 5.74) is 6.97. The Morgan fingerprint density at radius 2 is 1.88 bits per heavy atom. The van der Waals surface area contributed by atoms with E-state index in [2.05, 4.69) is 20.8 Å². The molecule has 0 bridgehead atoms. The Morgan fingerprint density at radius 1 is 1.12 bits per heavy atom. The number of rotatable bonds is 3. The van der Waals surface area contributed by atoms with Crippen LogP contribution in [0.25, 0.3) is 21.8 Å². The molecule has 1 amide bonds. The van der Waals surface area contributed by atoms with Gasteiger partial charge in [0.25, 0.3) is 11.5 Å². The number of carbonyl (C=O) groups is 1. The first-order valence-electron chi connectivity index (χ1n) is 7.73. The summed E-state index contributed by atoms with van der Waals surface area (Å²) in [4.78, 5) is 31.4. The molecule has 3 N–H and O–H groups in total. The molecule has 7 nitrogen and oxygen atoms in total. The van der Waals surface area contributed by atoms with Crippen LogP contribution in [0.2, 0.25) is 0 Å². The van der Waals surface area contributed by atoms with Crippen molar-refractivity contribution in [2.75, 3.05) is 5.43 Å². The van der Waals surface area contributed by atoms with Crippen LogP contribution in [0.1, 0.15) is 10.5 Å². The number of anilines is 1. The predicted octanol–water partition coefficient (Wildman–Crippen LogP) is 2.17. The lowest BCUT2D eigenvalue weighted by molar-refractivity contribution is 0.0954. The third-order valence-electron chi connectivity index (χ3n) is 4.09. The van der Waals surface area contributed by atoms with Crippen LogP contribution in [0.3, 0.4) is 0 Å². The zero-order chi connectivity index (χ0) is 17.4. The van der Waals surface area contributed by atoms with E-state index in [9.17, 15) is 9.59 Å². The maximum Gasteiger partial charge on any atom is 0.286 e. The zero-order valence-electron chi connectivity index (χ0n) is 13.4. The first-order chi connectivity index (χ1) is 12.1. The average Bonchev–Trinajstić information content (AvgIpc) is 2.97. The minimum absolute atomic E-state index is 0.177. The van der Waals surface area contributed by atoms with Crippen LogP contribution in [0.15, 0.2) is 59.4 Å². The SMILES string of the molecule is Cn1c(C(=O)NNc2nc3ccccc3c(=O)[nH]2)cc2ccccc21. The molecule has 0 saturated carbocycles. The van der Waals surface area contributed by atoms with E-state index < -0.39 is 0 Å². The summed E-state index contributed by atoms with van der Waals surface area (Å²) in [6, 6.07) is 16.5. The summed E-state index contributed by atoms with van der Waals surface area (Å²) in [5, 5.41) is 1.47. The fourth-order valence-electron chi connectivity index (χ4n) is 2.83. The number of hydrogen-bond donors (Lipinski definition) is 3. The minimum Gasteiger partial charge on any atom is -0.340 e. The first kappa shape index (κ1) is 14.9. The van der Waals surface area contributed by atoms with Gasteiger partial charge in [-0.1, -0.05) is 30.3 Å². The van der Waals surface area contributed by atoms with Crippen LogP contribution in [0.4, 0.5) is 5.95 Å². The van der Waals surface area contributed by atoms with Crippen molar-refractivity contribution in [2.45, 2.75) is 0 Å². The number of fused-ring (bicyclic) bond motifs is 2. The number of para-hydroxylation sites is 2. The molecule has 2 aromatic heterocycles. The molecule has 0 aliphatic heterocycles. The van der Waals surface area contributed by atoms with E-state index >= 15 is 0 Å². The van der Waals surface area contributed by atoms with Gasteiger partial charge in [-0.2, -0.15) is 0 Å². The number of aromatic amines is 1. The first-order valence-corrected chi connectivity index (χ1v) is 7.73. The largest absolute Gasteiger partial charge is 0.340 e. The number of H-pyrrole nitrogens is 1. The zero-order valence-corrected chi connectivity index (χ0v) is 13.4. The third-order valence-corrected chi connectivity index (χ3v) is 4.09. The summed E-state index contributed by atoms with van der Waals surface area (Å²) in [5.74, 6) is -0.148. The van der Waals surface area contributed by atoms with E-state index in [1.165, 1.54) is 0 Å². The second-order valence-corrected chi connectivity index (χ2v) is 5.66. The van der Waals surface area contributed by atoms with Crippen molar-refractivity contribution in [3.05, 3.63) is 70.6 Å². The summed E-state index contributed by atoms with van der Waals surface area (Å²) in [6.07, 6.45) is 0. The Morgan fingerprint density at radius 3 is 2.72 bits per heavy atom. The summed E-state index contributed by atoms with van der Waals surface area (Å²) < 4.78 is 1.81.